The summed E-state index contributed by atoms with van der Waals surface area (Å²) in [5.74, 6) is 2.12. The second kappa shape index (κ2) is 6.16. The third kappa shape index (κ3) is 2.69. The van der Waals surface area contributed by atoms with Crippen molar-refractivity contribution in [1.82, 2.24) is 10.3 Å². The van der Waals surface area contributed by atoms with Gasteiger partial charge in [-0.2, -0.15) is 0 Å². The highest BCUT2D eigenvalue weighted by Gasteiger charge is 2.68. The zero-order chi connectivity index (χ0) is 20.7. The molecule has 0 radical (unpaired) electrons. The first-order valence-electron chi connectivity index (χ1n) is 11.0. The number of hydrogen-bond donors (Lipinski definition) is 2. The highest BCUT2D eigenvalue weighted by atomic mass is 19.1. The van der Waals surface area contributed by atoms with Crippen molar-refractivity contribution in [2.24, 2.45) is 29.1 Å². The van der Waals surface area contributed by atoms with E-state index < -0.39 is 0 Å². The van der Waals surface area contributed by atoms with Crippen LogP contribution in [0.3, 0.4) is 0 Å². The molecule has 5 nitrogen and oxygen atoms in total. The fourth-order valence-electron chi connectivity index (χ4n) is 6.90. The predicted octanol–water partition coefficient (Wildman–Crippen LogP) is 3.44. The molecule has 1 aromatic heterocycles. The number of aliphatic hydroxyl groups is 1. The molecule has 1 heterocycles. The molecular formula is C24H27FN2O3. The number of carbonyl (C=O) groups excluding carboxylic acids is 1. The van der Waals surface area contributed by atoms with E-state index in [4.69, 9.17) is 4.74 Å². The fourth-order valence-corrected chi connectivity index (χ4v) is 6.90. The maximum Gasteiger partial charge on any atom is 0.223 e. The number of hydrogen-bond acceptors (Lipinski definition) is 4. The van der Waals surface area contributed by atoms with Crippen molar-refractivity contribution in [3.8, 4) is 5.75 Å². The zero-order valence-electron chi connectivity index (χ0n) is 17.1. The van der Waals surface area contributed by atoms with Crippen LogP contribution in [0, 0.1) is 34.9 Å². The summed E-state index contributed by atoms with van der Waals surface area (Å²) in [6, 6.07) is 6.38. The molecule has 5 fully saturated rings. The number of ether oxygens (including phenoxy) is 1. The molecule has 0 spiro atoms. The molecule has 5 aliphatic carbocycles. The third-order valence-corrected chi connectivity index (χ3v) is 8.28. The average Bonchev–Trinajstić information content (AvgIpc) is 3.17. The number of aliphatic hydroxyl groups excluding tert-OH is 1. The highest BCUT2D eigenvalue weighted by molar-refractivity contribution is 5.84. The van der Waals surface area contributed by atoms with Gasteiger partial charge in [0.25, 0.3) is 0 Å². The van der Waals surface area contributed by atoms with E-state index in [0.717, 1.165) is 37.6 Å². The van der Waals surface area contributed by atoms with Crippen LogP contribution in [0.2, 0.25) is 0 Å². The molecule has 30 heavy (non-hydrogen) atoms. The number of amides is 1. The van der Waals surface area contributed by atoms with Crippen LogP contribution in [-0.2, 0) is 4.79 Å². The lowest BCUT2D eigenvalue weighted by Crippen LogP contribution is -2.76. The van der Waals surface area contributed by atoms with Crippen LogP contribution >= 0.6 is 0 Å². The number of nitrogens with zero attached hydrogens (tertiary/aromatic N) is 1. The van der Waals surface area contributed by atoms with Gasteiger partial charge in [-0.15, -0.1) is 0 Å². The number of halogens is 1. The maximum atomic E-state index is 13.7. The number of pyridine rings is 1. The van der Waals surface area contributed by atoms with Crippen molar-refractivity contribution in [2.45, 2.75) is 50.7 Å². The zero-order valence-corrected chi connectivity index (χ0v) is 17.1. The summed E-state index contributed by atoms with van der Waals surface area (Å²) >= 11 is 0. The van der Waals surface area contributed by atoms with Gasteiger partial charge in [0.2, 0.25) is 5.91 Å². The van der Waals surface area contributed by atoms with Gasteiger partial charge < -0.3 is 15.2 Å². The SMILES string of the molecule is CC(C(=O)NC12CC(CO)(C1)C2)[C@H]1[C@@H]2C[C@H](Oc3ccnc4ccc(F)cc34)C[C@@H]21. The Kier molecular flexibility index (Phi) is 3.81. The minimum Gasteiger partial charge on any atom is -0.490 e. The van der Waals surface area contributed by atoms with Gasteiger partial charge in [-0.25, -0.2) is 4.39 Å². The quantitative estimate of drug-likeness (QED) is 0.765. The number of fused-ring (bicyclic) bond motifs is 2. The monoisotopic (exact) mass is 410 g/mol. The Balaban J connectivity index is 1.05. The van der Waals surface area contributed by atoms with Crippen molar-refractivity contribution in [2.75, 3.05) is 6.61 Å². The van der Waals surface area contributed by atoms with Crippen LogP contribution < -0.4 is 10.1 Å². The summed E-state index contributed by atoms with van der Waals surface area (Å²) in [6.45, 7) is 2.30. The molecule has 0 saturated heterocycles. The van der Waals surface area contributed by atoms with Crippen molar-refractivity contribution < 1.29 is 19.0 Å². The number of rotatable bonds is 6. The number of aromatic nitrogens is 1. The van der Waals surface area contributed by atoms with Gasteiger partial charge in [0.05, 0.1) is 11.6 Å². The summed E-state index contributed by atoms with van der Waals surface area (Å²) in [5.41, 5.74) is 0.815. The lowest BCUT2D eigenvalue weighted by molar-refractivity contribution is -0.184. The Morgan fingerprint density at radius 3 is 2.73 bits per heavy atom. The van der Waals surface area contributed by atoms with E-state index in [0.29, 0.717) is 28.9 Å². The molecule has 1 unspecified atom stereocenters. The Bertz CT molecular complexity index is 1010. The minimum absolute atomic E-state index is 0.0240. The van der Waals surface area contributed by atoms with Crippen LogP contribution in [0.15, 0.2) is 30.5 Å². The van der Waals surface area contributed by atoms with E-state index in [1.54, 1.807) is 12.3 Å². The first-order chi connectivity index (χ1) is 14.4. The van der Waals surface area contributed by atoms with E-state index in [1.165, 1.54) is 12.1 Å². The smallest absolute Gasteiger partial charge is 0.223 e. The molecule has 0 aliphatic heterocycles. The molecule has 158 valence electrons. The first kappa shape index (κ1) is 18.6. The molecular weight excluding hydrogens is 383 g/mol. The molecule has 5 aliphatic rings. The molecule has 5 atom stereocenters. The normalized spacial score (nSPS) is 38.9. The summed E-state index contributed by atoms with van der Waals surface area (Å²) in [4.78, 5) is 17.1. The van der Waals surface area contributed by atoms with E-state index in [9.17, 15) is 14.3 Å². The summed E-state index contributed by atoms with van der Waals surface area (Å²) in [5, 5.41) is 13.4. The molecule has 7 rings (SSSR count). The van der Waals surface area contributed by atoms with Gasteiger partial charge >= 0.3 is 0 Å². The molecule has 6 heteroatoms. The van der Waals surface area contributed by atoms with E-state index >= 15 is 0 Å². The van der Waals surface area contributed by atoms with Gasteiger partial charge in [-0.05, 0) is 74.1 Å². The molecule has 2 N–H and O–H groups in total. The van der Waals surface area contributed by atoms with Crippen molar-refractivity contribution in [3.05, 3.63) is 36.3 Å². The van der Waals surface area contributed by atoms with Gasteiger partial charge in [0.15, 0.2) is 0 Å². The largest absolute Gasteiger partial charge is 0.490 e. The maximum absolute atomic E-state index is 13.7. The fraction of sp³-hybridized carbons (Fsp3) is 0.583. The average molecular weight is 410 g/mol. The van der Waals surface area contributed by atoms with Gasteiger partial charge in [0.1, 0.15) is 11.6 Å². The number of benzene rings is 1. The van der Waals surface area contributed by atoms with Crippen LogP contribution in [-0.4, -0.2) is 34.2 Å². The van der Waals surface area contributed by atoms with Crippen molar-refractivity contribution >= 4 is 16.8 Å². The Labute approximate surface area is 175 Å². The Hall–Kier alpha value is -2.21. The predicted molar refractivity (Wildman–Crippen MR) is 109 cm³/mol. The molecule has 5 saturated carbocycles. The van der Waals surface area contributed by atoms with Crippen molar-refractivity contribution in [1.29, 1.82) is 0 Å². The molecule has 1 amide bonds. The molecule has 2 aromatic rings. The van der Waals surface area contributed by atoms with Gasteiger partial charge in [-0.3, -0.25) is 9.78 Å². The number of nitrogens with one attached hydrogen (secondary N) is 1. The molecule has 2 bridgehead atoms. The topological polar surface area (TPSA) is 71.5 Å². The molecule has 1 aromatic carbocycles. The minimum atomic E-state index is -0.289. The standard InChI is InChI=1S/C24H27FN2O3/c1-13(22(29)27-24-9-23(10-24,11-24)12-28)21-16-7-15(8-17(16)21)30-20-4-5-26-19-3-2-14(25)6-18(19)20/h2-6,13,15-17,21,28H,7-12H2,1H3,(H,27,29)/t13?,15-,16+,17-,21-,23?,24?. The van der Waals surface area contributed by atoms with E-state index in [-0.39, 0.29) is 41.3 Å². The van der Waals surface area contributed by atoms with E-state index in [1.807, 2.05) is 6.07 Å². The van der Waals surface area contributed by atoms with E-state index in [2.05, 4.69) is 17.2 Å². The van der Waals surface area contributed by atoms with Gasteiger partial charge in [0, 0.05) is 35.1 Å². The highest BCUT2D eigenvalue weighted by Crippen LogP contribution is 2.67. The first-order valence-corrected chi connectivity index (χ1v) is 11.0. The van der Waals surface area contributed by atoms with Crippen LogP contribution in [0.25, 0.3) is 10.9 Å². The lowest BCUT2D eigenvalue weighted by Gasteiger charge is -2.70. The second-order valence-electron chi connectivity index (χ2n) is 10.3. The second-order valence-corrected chi connectivity index (χ2v) is 10.3. The summed E-state index contributed by atoms with van der Waals surface area (Å²) in [7, 11) is 0. The third-order valence-electron chi connectivity index (χ3n) is 8.28. The summed E-state index contributed by atoms with van der Waals surface area (Å²) in [6.07, 6.45) is 6.51. The lowest BCUT2D eigenvalue weighted by atomic mass is 9.39. The van der Waals surface area contributed by atoms with Crippen LogP contribution in [0.5, 0.6) is 5.75 Å². The number of carbonyl (C=O) groups is 1. The van der Waals surface area contributed by atoms with Crippen LogP contribution in [0.1, 0.15) is 39.0 Å². The Morgan fingerprint density at radius 1 is 1.30 bits per heavy atom. The van der Waals surface area contributed by atoms with Gasteiger partial charge in [-0.1, -0.05) is 6.92 Å². The van der Waals surface area contributed by atoms with Crippen molar-refractivity contribution in [3.63, 3.8) is 0 Å². The summed E-state index contributed by atoms with van der Waals surface area (Å²) < 4.78 is 19.9. The van der Waals surface area contributed by atoms with Crippen LogP contribution in [0.4, 0.5) is 4.39 Å². The Morgan fingerprint density at radius 2 is 2.03 bits per heavy atom.